The van der Waals surface area contributed by atoms with E-state index < -0.39 is 34.6 Å². The number of carboxylic acids is 2. The van der Waals surface area contributed by atoms with E-state index in [1.807, 2.05) is 0 Å². The molecule has 15 heavy (non-hydrogen) atoms. The van der Waals surface area contributed by atoms with Crippen molar-refractivity contribution in [3.8, 4) is 0 Å². The minimum absolute atomic E-state index is 0.737. The van der Waals surface area contributed by atoms with E-state index >= 15 is 0 Å². The Hall–Kier alpha value is -1.37. The highest BCUT2D eigenvalue weighted by Gasteiger charge is 2.54. The SMILES string of the molecule is O=C(O)C1SC(C(=O)O)C2OC=COC12. The smallest absolute Gasteiger partial charge is 0.320 e. The molecule has 0 spiro atoms. The summed E-state index contributed by atoms with van der Waals surface area (Å²) in [6.45, 7) is 0. The molecule has 0 aliphatic carbocycles. The van der Waals surface area contributed by atoms with E-state index in [1.165, 1.54) is 12.5 Å². The molecule has 2 aliphatic heterocycles. The summed E-state index contributed by atoms with van der Waals surface area (Å²) in [5, 5.41) is 16.0. The van der Waals surface area contributed by atoms with Gasteiger partial charge in [-0.1, -0.05) is 0 Å². The van der Waals surface area contributed by atoms with Crippen LogP contribution in [-0.2, 0) is 19.1 Å². The molecule has 0 amide bonds. The van der Waals surface area contributed by atoms with E-state index in [0.717, 1.165) is 11.8 Å². The Morgan fingerprint density at radius 3 is 1.73 bits per heavy atom. The zero-order chi connectivity index (χ0) is 11.0. The Kier molecular flexibility index (Phi) is 2.47. The highest BCUT2D eigenvalue weighted by atomic mass is 32.2. The van der Waals surface area contributed by atoms with Crippen molar-refractivity contribution in [2.24, 2.45) is 0 Å². The van der Waals surface area contributed by atoms with Gasteiger partial charge < -0.3 is 19.7 Å². The van der Waals surface area contributed by atoms with E-state index in [1.54, 1.807) is 0 Å². The van der Waals surface area contributed by atoms with Crippen molar-refractivity contribution >= 4 is 23.7 Å². The van der Waals surface area contributed by atoms with Crippen LogP contribution in [0.25, 0.3) is 0 Å². The second-order valence-electron chi connectivity index (χ2n) is 3.13. The van der Waals surface area contributed by atoms with Gasteiger partial charge in [-0.2, -0.15) is 0 Å². The van der Waals surface area contributed by atoms with Gasteiger partial charge in [-0.3, -0.25) is 9.59 Å². The van der Waals surface area contributed by atoms with E-state index in [0.29, 0.717) is 0 Å². The number of hydrogen-bond acceptors (Lipinski definition) is 5. The number of carboxylic acid groups (broad SMARTS) is 2. The molecule has 6 nitrogen and oxygen atoms in total. The summed E-state index contributed by atoms with van der Waals surface area (Å²) in [7, 11) is 0. The van der Waals surface area contributed by atoms with Gasteiger partial charge in [0.1, 0.15) is 23.0 Å². The summed E-state index contributed by atoms with van der Waals surface area (Å²) in [4.78, 5) is 21.7. The van der Waals surface area contributed by atoms with Crippen molar-refractivity contribution in [3.63, 3.8) is 0 Å². The van der Waals surface area contributed by atoms with Gasteiger partial charge in [-0.05, 0) is 0 Å². The Morgan fingerprint density at radius 2 is 1.40 bits per heavy atom. The van der Waals surface area contributed by atoms with Gasteiger partial charge in [-0.25, -0.2) is 0 Å². The van der Waals surface area contributed by atoms with Crippen molar-refractivity contribution in [1.82, 2.24) is 0 Å². The van der Waals surface area contributed by atoms with Crippen molar-refractivity contribution in [2.45, 2.75) is 22.7 Å². The van der Waals surface area contributed by atoms with Crippen LogP contribution in [0.1, 0.15) is 0 Å². The van der Waals surface area contributed by atoms with Crippen molar-refractivity contribution < 1.29 is 29.3 Å². The standard InChI is InChI=1S/C8H8O6S/c9-7(10)5-3-4(14-2-1-13-3)6(15-5)8(11)12/h1-6H,(H,9,10)(H,11,12). The largest absolute Gasteiger partial charge is 0.489 e. The van der Waals surface area contributed by atoms with Crippen LogP contribution in [-0.4, -0.2) is 44.9 Å². The van der Waals surface area contributed by atoms with Gasteiger partial charge in [0.25, 0.3) is 0 Å². The summed E-state index contributed by atoms with van der Waals surface area (Å²) >= 11 is 0.843. The molecule has 0 radical (unpaired) electrons. The molecule has 4 unspecified atom stereocenters. The molecule has 2 rings (SSSR count). The fourth-order valence-electron chi connectivity index (χ4n) is 1.60. The fraction of sp³-hybridized carbons (Fsp3) is 0.500. The maximum Gasteiger partial charge on any atom is 0.320 e. The molecule has 2 aliphatic rings. The first-order valence-electron chi connectivity index (χ1n) is 4.18. The molecule has 0 saturated carbocycles. The summed E-state index contributed by atoms with van der Waals surface area (Å²) in [6, 6.07) is 0. The van der Waals surface area contributed by atoms with Crippen LogP contribution in [0.3, 0.4) is 0 Å². The molecular formula is C8H8O6S. The van der Waals surface area contributed by atoms with Crippen molar-refractivity contribution in [1.29, 1.82) is 0 Å². The molecule has 1 saturated heterocycles. The number of ether oxygens (including phenoxy) is 2. The monoisotopic (exact) mass is 232 g/mol. The normalized spacial score (nSPS) is 37.6. The second-order valence-corrected chi connectivity index (χ2v) is 4.42. The number of carbonyl (C=O) groups is 2. The molecule has 4 atom stereocenters. The van der Waals surface area contributed by atoms with Gasteiger partial charge >= 0.3 is 11.9 Å². The predicted molar refractivity (Wildman–Crippen MR) is 49.3 cm³/mol. The number of fused-ring (bicyclic) bond motifs is 1. The lowest BCUT2D eigenvalue weighted by atomic mass is 10.1. The van der Waals surface area contributed by atoms with Crippen LogP contribution < -0.4 is 0 Å². The number of aliphatic carboxylic acids is 2. The number of rotatable bonds is 2. The first-order chi connectivity index (χ1) is 7.11. The highest BCUT2D eigenvalue weighted by molar-refractivity contribution is 8.02. The predicted octanol–water partition coefficient (Wildman–Crippen LogP) is -0.105. The molecule has 2 heterocycles. The molecule has 1 fully saturated rings. The Labute approximate surface area is 88.9 Å². The molecular weight excluding hydrogens is 224 g/mol. The average Bonchev–Trinajstić information content (AvgIpc) is 2.56. The van der Waals surface area contributed by atoms with Crippen LogP contribution in [0.5, 0.6) is 0 Å². The lowest BCUT2D eigenvalue weighted by molar-refractivity contribution is -0.144. The second kappa shape index (κ2) is 3.65. The summed E-state index contributed by atoms with van der Waals surface area (Å²) in [6.07, 6.45) is 1.00. The lowest BCUT2D eigenvalue weighted by Gasteiger charge is -2.25. The van der Waals surface area contributed by atoms with Crippen LogP contribution in [0, 0.1) is 0 Å². The third kappa shape index (κ3) is 1.63. The van der Waals surface area contributed by atoms with E-state index in [-0.39, 0.29) is 0 Å². The van der Waals surface area contributed by atoms with Gasteiger partial charge in [0.15, 0.2) is 12.2 Å². The van der Waals surface area contributed by atoms with Crippen LogP contribution in [0.4, 0.5) is 0 Å². The molecule has 0 aromatic rings. The molecule has 0 bridgehead atoms. The Balaban J connectivity index is 2.24. The van der Waals surface area contributed by atoms with Gasteiger partial charge in [0.05, 0.1) is 0 Å². The quantitative estimate of drug-likeness (QED) is 0.686. The number of hydrogen-bond donors (Lipinski definition) is 2. The summed E-state index contributed by atoms with van der Waals surface area (Å²) in [5.74, 6) is -2.17. The highest BCUT2D eigenvalue weighted by Crippen LogP contribution is 2.39. The third-order valence-electron chi connectivity index (χ3n) is 2.23. The molecule has 0 aromatic carbocycles. The zero-order valence-corrected chi connectivity index (χ0v) is 8.22. The minimum Gasteiger partial charge on any atom is -0.489 e. The Bertz CT molecular complexity index is 297. The first-order valence-corrected chi connectivity index (χ1v) is 5.12. The van der Waals surface area contributed by atoms with Gasteiger partial charge in [0, 0.05) is 0 Å². The molecule has 82 valence electrons. The first kappa shape index (κ1) is 10.2. The minimum atomic E-state index is -1.09. The van der Waals surface area contributed by atoms with Crippen LogP contribution >= 0.6 is 11.8 Å². The zero-order valence-electron chi connectivity index (χ0n) is 7.40. The summed E-state index contributed by atoms with van der Waals surface area (Å²) < 4.78 is 10.2. The van der Waals surface area contributed by atoms with Gasteiger partial charge in [-0.15, -0.1) is 11.8 Å². The van der Waals surface area contributed by atoms with Crippen LogP contribution in [0.2, 0.25) is 0 Å². The van der Waals surface area contributed by atoms with E-state index in [9.17, 15) is 9.59 Å². The maximum absolute atomic E-state index is 10.9. The van der Waals surface area contributed by atoms with E-state index in [2.05, 4.69) is 0 Å². The number of thioether (sulfide) groups is 1. The van der Waals surface area contributed by atoms with Gasteiger partial charge in [0.2, 0.25) is 0 Å². The van der Waals surface area contributed by atoms with Crippen LogP contribution in [0.15, 0.2) is 12.5 Å². The fourth-order valence-corrected chi connectivity index (χ4v) is 2.89. The maximum atomic E-state index is 10.9. The average molecular weight is 232 g/mol. The molecule has 2 N–H and O–H groups in total. The van der Waals surface area contributed by atoms with E-state index in [4.69, 9.17) is 19.7 Å². The lowest BCUT2D eigenvalue weighted by Crippen LogP contribution is -2.41. The Morgan fingerprint density at radius 1 is 1.00 bits per heavy atom. The van der Waals surface area contributed by atoms with Crippen molar-refractivity contribution in [3.05, 3.63) is 12.5 Å². The third-order valence-corrected chi connectivity index (χ3v) is 3.75. The summed E-state index contributed by atoms with van der Waals surface area (Å²) in [5.41, 5.74) is 0. The molecule has 7 heteroatoms. The van der Waals surface area contributed by atoms with Crippen molar-refractivity contribution in [2.75, 3.05) is 0 Å². The molecule has 0 aromatic heterocycles. The topological polar surface area (TPSA) is 93.1 Å².